The number of halogens is 2. The summed E-state index contributed by atoms with van der Waals surface area (Å²) in [4.78, 5) is 23.4. The minimum absolute atomic E-state index is 0.106. The number of carbonyl (C=O) groups is 1. The number of likely N-dealkylation sites (tertiary alicyclic amines) is 1. The largest absolute Gasteiger partial charge is 0.477 e. The number of aromatic nitrogens is 3. The zero-order chi connectivity index (χ0) is 21.3. The van der Waals surface area contributed by atoms with E-state index in [1.165, 1.54) is 6.07 Å². The van der Waals surface area contributed by atoms with Crippen molar-refractivity contribution in [2.45, 2.75) is 39.0 Å². The van der Waals surface area contributed by atoms with Gasteiger partial charge in [-0.25, -0.2) is 18.7 Å². The normalized spacial score (nSPS) is 17.0. The second-order valence-electron chi connectivity index (χ2n) is 7.26. The lowest BCUT2D eigenvalue weighted by molar-refractivity contribution is 0.0700. The molecule has 1 amide bonds. The predicted molar refractivity (Wildman–Crippen MR) is 105 cm³/mol. The number of nitrogens with zero attached hydrogens (tertiary/aromatic N) is 4. The lowest BCUT2D eigenvalue weighted by Crippen LogP contribution is -2.39. The third-order valence-corrected chi connectivity index (χ3v) is 5.31. The molecule has 3 aromatic rings. The average molecular weight is 416 g/mol. The van der Waals surface area contributed by atoms with Crippen molar-refractivity contribution in [2.24, 2.45) is 0 Å². The molecule has 0 saturated carbocycles. The summed E-state index contributed by atoms with van der Waals surface area (Å²) in [5.41, 5.74) is 1.24. The summed E-state index contributed by atoms with van der Waals surface area (Å²) in [6.45, 7) is 4.78. The van der Waals surface area contributed by atoms with Gasteiger partial charge in [0.1, 0.15) is 5.56 Å². The highest BCUT2D eigenvalue weighted by Gasteiger charge is 2.30. The van der Waals surface area contributed by atoms with Crippen LogP contribution in [0.1, 0.15) is 59.4 Å². The summed E-state index contributed by atoms with van der Waals surface area (Å²) >= 11 is 0. The molecule has 30 heavy (non-hydrogen) atoms. The Hall–Kier alpha value is -3.10. The Labute approximate surface area is 172 Å². The molecule has 1 saturated heterocycles. The third kappa shape index (κ3) is 3.71. The monoisotopic (exact) mass is 416 g/mol. The smallest absolute Gasteiger partial charge is 0.264 e. The molecule has 1 fully saturated rings. The number of aryl methyl sites for hydroxylation is 1. The minimum Gasteiger partial charge on any atom is -0.477 e. The third-order valence-electron chi connectivity index (χ3n) is 5.31. The summed E-state index contributed by atoms with van der Waals surface area (Å²) in [5.74, 6) is -0.0760. The van der Waals surface area contributed by atoms with Crippen molar-refractivity contribution in [3.63, 3.8) is 0 Å². The van der Waals surface area contributed by atoms with Crippen LogP contribution in [0.15, 0.2) is 28.9 Å². The quantitative estimate of drug-likeness (QED) is 0.617. The van der Waals surface area contributed by atoms with E-state index in [1.807, 2.05) is 6.92 Å². The van der Waals surface area contributed by atoms with E-state index < -0.39 is 6.43 Å². The molecule has 1 atom stereocenters. The van der Waals surface area contributed by atoms with Crippen molar-refractivity contribution >= 4 is 17.0 Å². The van der Waals surface area contributed by atoms with Crippen molar-refractivity contribution in [1.29, 1.82) is 0 Å². The Morgan fingerprint density at radius 2 is 2.27 bits per heavy atom. The second-order valence-corrected chi connectivity index (χ2v) is 7.26. The van der Waals surface area contributed by atoms with Crippen LogP contribution in [0.25, 0.3) is 11.1 Å². The summed E-state index contributed by atoms with van der Waals surface area (Å²) in [7, 11) is 0. The van der Waals surface area contributed by atoms with Crippen LogP contribution in [0.5, 0.6) is 5.88 Å². The molecule has 4 rings (SSSR count). The van der Waals surface area contributed by atoms with Gasteiger partial charge < -0.3 is 14.2 Å². The summed E-state index contributed by atoms with van der Waals surface area (Å²) < 4.78 is 38.0. The van der Waals surface area contributed by atoms with E-state index in [9.17, 15) is 13.6 Å². The summed E-state index contributed by atoms with van der Waals surface area (Å²) in [6.07, 6.45) is 0.381. The maximum Gasteiger partial charge on any atom is 0.264 e. The van der Waals surface area contributed by atoms with Crippen LogP contribution in [-0.2, 0) is 0 Å². The molecule has 0 bridgehead atoms. The van der Waals surface area contributed by atoms with Crippen LogP contribution in [-0.4, -0.2) is 45.6 Å². The number of carbonyl (C=O) groups excluding carboxylic acids is 1. The molecule has 0 radical (unpaired) electrons. The molecule has 0 spiro atoms. The first-order chi connectivity index (χ1) is 14.5. The SMILES string of the molecule is CCOc1ncccc1C(=O)N1CCCC(c2cc(C(F)F)c3c(C)noc3n2)C1. The van der Waals surface area contributed by atoms with E-state index in [4.69, 9.17) is 9.26 Å². The summed E-state index contributed by atoms with van der Waals surface area (Å²) in [5, 5.41) is 4.04. The molecule has 4 heterocycles. The van der Waals surface area contributed by atoms with E-state index in [0.29, 0.717) is 42.5 Å². The number of alkyl halides is 2. The lowest BCUT2D eigenvalue weighted by atomic mass is 9.92. The number of rotatable bonds is 5. The van der Waals surface area contributed by atoms with Crippen molar-refractivity contribution in [2.75, 3.05) is 19.7 Å². The van der Waals surface area contributed by atoms with Gasteiger partial charge in [0, 0.05) is 36.5 Å². The summed E-state index contributed by atoms with van der Waals surface area (Å²) in [6, 6.07) is 4.79. The lowest BCUT2D eigenvalue weighted by Gasteiger charge is -2.32. The molecular formula is C21H22F2N4O3. The van der Waals surface area contributed by atoms with Gasteiger partial charge in [-0.1, -0.05) is 5.16 Å². The van der Waals surface area contributed by atoms with Crippen molar-refractivity contribution in [3.05, 3.63) is 46.9 Å². The van der Waals surface area contributed by atoms with Crippen LogP contribution in [0.4, 0.5) is 8.78 Å². The topological polar surface area (TPSA) is 81.4 Å². The minimum atomic E-state index is -2.67. The highest BCUT2D eigenvalue weighted by molar-refractivity contribution is 5.96. The Morgan fingerprint density at radius 1 is 1.43 bits per heavy atom. The van der Waals surface area contributed by atoms with Gasteiger partial charge in [-0.05, 0) is 44.9 Å². The maximum atomic E-state index is 13.7. The van der Waals surface area contributed by atoms with Crippen LogP contribution in [0, 0.1) is 6.92 Å². The number of pyridine rings is 2. The van der Waals surface area contributed by atoms with Gasteiger partial charge >= 0.3 is 0 Å². The standard InChI is InChI=1S/C21H22F2N4O3/c1-3-29-19-14(7-4-8-24-19)21(28)27-9-5-6-13(11-27)16-10-15(18(22)23)17-12(2)26-30-20(17)25-16/h4,7-8,10,13,18H,3,5-6,9,11H2,1-2H3. The van der Waals surface area contributed by atoms with Crippen LogP contribution in [0.3, 0.4) is 0 Å². The first-order valence-corrected chi connectivity index (χ1v) is 9.91. The maximum absolute atomic E-state index is 13.7. The van der Waals surface area contributed by atoms with Gasteiger partial charge in [0.25, 0.3) is 18.0 Å². The number of amides is 1. The van der Waals surface area contributed by atoms with Gasteiger partial charge in [0.15, 0.2) is 0 Å². The fraction of sp³-hybridized carbons (Fsp3) is 0.429. The molecule has 3 aromatic heterocycles. The number of hydrogen-bond donors (Lipinski definition) is 0. The number of fused-ring (bicyclic) bond motifs is 1. The van der Waals surface area contributed by atoms with E-state index in [2.05, 4.69) is 15.1 Å². The van der Waals surface area contributed by atoms with Gasteiger partial charge in [-0.2, -0.15) is 0 Å². The molecule has 1 aliphatic rings. The molecular weight excluding hydrogens is 394 g/mol. The van der Waals surface area contributed by atoms with Gasteiger partial charge in [0.2, 0.25) is 5.88 Å². The predicted octanol–water partition coefficient (Wildman–Crippen LogP) is 4.28. The highest BCUT2D eigenvalue weighted by atomic mass is 19.3. The first kappa shape index (κ1) is 20.2. The Balaban J connectivity index is 1.63. The van der Waals surface area contributed by atoms with E-state index in [1.54, 1.807) is 30.2 Å². The fourth-order valence-electron chi connectivity index (χ4n) is 3.91. The first-order valence-electron chi connectivity index (χ1n) is 9.91. The molecule has 9 heteroatoms. The zero-order valence-electron chi connectivity index (χ0n) is 16.8. The van der Waals surface area contributed by atoms with Crippen LogP contribution < -0.4 is 4.74 Å². The fourth-order valence-corrected chi connectivity index (χ4v) is 3.91. The molecule has 7 nitrogen and oxygen atoms in total. The molecule has 0 N–H and O–H groups in total. The van der Waals surface area contributed by atoms with E-state index in [0.717, 1.165) is 12.8 Å². The van der Waals surface area contributed by atoms with Crippen molar-refractivity contribution in [3.8, 4) is 5.88 Å². The number of piperidine rings is 1. The van der Waals surface area contributed by atoms with Crippen LogP contribution in [0.2, 0.25) is 0 Å². The van der Waals surface area contributed by atoms with Crippen molar-refractivity contribution < 1.29 is 22.8 Å². The van der Waals surface area contributed by atoms with Crippen molar-refractivity contribution in [1.82, 2.24) is 20.0 Å². The zero-order valence-corrected chi connectivity index (χ0v) is 16.8. The molecule has 1 aliphatic heterocycles. The Morgan fingerprint density at radius 3 is 3.03 bits per heavy atom. The number of ether oxygens (including phenoxy) is 1. The van der Waals surface area contributed by atoms with E-state index in [-0.39, 0.29) is 28.5 Å². The van der Waals surface area contributed by atoms with Gasteiger partial charge in [-0.3, -0.25) is 4.79 Å². The Bertz CT molecular complexity index is 1070. The van der Waals surface area contributed by atoms with E-state index >= 15 is 0 Å². The molecule has 0 aromatic carbocycles. The number of hydrogen-bond acceptors (Lipinski definition) is 6. The molecule has 0 aliphatic carbocycles. The van der Waals surface area contributed by atoms with Gasteiger partial charge in [-0.15, -0.1) is 0 Å². The van der Waals surface area contributed by atoms with Gasteiger partial charge in [0.05, 0.1) is 17.7 Å². The molecule has 158 valence electrons. The highest BCUT2D eigenvalue weighted by Crippen LogP contribution is 2.34. The second kappa shape index (κ2) is 8.33. The van der Waals surface area contributed by atoms with Crippen LogP contribution >= 0.6 is 0 Å². The average Bonchev–Trinajstić information content (AvgIpc) is 3.14. The Kier molecular flexibility index (Phi) is 5.61. The molecule has 1 unspecified atom stereocenters.